The summed E-state index contributed by atoms with van der Waals surface area (Å²) < 4.78 is 22.0. The lowest BCUT2D eigenvalue weighted by Gasteiger charge is -2.02. The number of hydrogen-bond donors (Lipinski definition) is 5. The zero-order valence-electron chi connectivity index (χ0n) is 9.11. The van der Waals surface area contributed by atoms with Crippen LogP contribution in [0.3, 0.4) is 0 Å². The number of sulfonamides is 1. The summed E-state index contributed by atoms with van der Waals surface area (Å²) in [6.45, 7) is 0. The second-order valence-corrected chi connectivity index (χ2v) is 4.76. The Hall–Kier alpha value is -2.33. The predicted octanol–water partition coefficient (Wildman–Crippen LogP) is -1.74. The minimum Gasteiger partial charge on any atom is -0.506 e. The third-order valence-electron chi connectivity index (χ3n) is 1.75. The van der Waals surface area contributed by atoms with Gasteiger partial charge in [-0.1, -0.05) is 0 Å². The number of hydrogen-bond acceptors (Lipinski definition) is 4. The summed E-state index contributed by atoms with van der Waals surface area (Å²) in [5.74, 6) is -0.999. The normalized spacial score (nSPS) is 12.2. The summed E-state index contributed by atoms with van der Waals surface area (Å²) in [5.41, 5.74) is 15.5. The number of primary sulfonamides is 1. The van der Waals surface area contributed by atoms with Gasteiger partial charge in [0.2, 0.25) is 16.0 Å². The number of rotatable bonds is 2. The van der Waals surface area contributed by atoms with E-state index in [1.807, 2.05) is 0 Å². The highest BCUT2D eigenvalue weighted by atomic mass is 32.2. The summed E-state index contributed by atoms with van der Waals surface area (Å²) in [5, 5.41) is 14.4. The van der Waals surface area contributed by atoms with Crippen LogP contribution < -0.4 is 22.3 Å². The van der Waals surface area contributed by atoms with E-state index in [1.165, 1.54) is 6.07 Å². The summed E-state index contributed by atoms with van der Waals surface area (Å²) in [6, 6.07) is 3.32. The highest BCUT2D eigenvalue weighted by Gasteiger charge is 2.10. The van der Waals surface area contributed by atoms with Gasteiger partial charge in [0.25, 0.3) is 0 Å². The van der Waals surface area contributed by atoms with Gasteiger partial charge in [0, 0.05) is 6.07 Å². The molecule has 0 radical (unpaired) electrons. The van der Waals surface area contributed by atoms with Gasteiger partial charge in [-0.2, -0.15) is 4.99 Å². The number of guanidine groups is 2. The molecule has 10 heteroatoms. The molecule has 0 saturated heterocycles. The van der Waals surface area contributed by atoms with Crippen molar-refractivity contribution in [1.82, 2.24) is 0 Å². The van der Waals surface area contributed by atoms with Crippen LogP contribution in [0.5, 0.6) is 5.75 Å². The molecule has 1 aromatic carbocycles. The molecule has 0 unspecified atom stereocenters. The summed E-state index contributed by atoms with van der Waals surface area (Å²) in [7, 11) is -3.90. The van der Waals surface area contributed by atoms with Gasteiger partial charge < -0.3 is 22.3 Å². The predicted molar refractivity (Wildman–Crippen MR) is 66.6 cm³/mol. The Kier molecular flexibility index (Phi) is 3.73. The first kappa shape index (κ1) is 13.7. The Morgan fingerprint density at radius 2 is 1.83 bits per heavy atom. The van der Waals surface area contributed by atoms with Gasteiger partial charge >= 0.3 is 0 Å². The third kappa shape index (κ3) is 3.61. The third-order valence-corrected chi connectivity index (χ3v) is 2.67. The Bertz CT molecular complexity index is 618. The molecule has 0 fully saturated rings. The van der Waals surface area contributed by atoms with Crippen LogP contribution in [0.15, 0.2) is 33.1 Å². The first-order valence-electron chi connectivity index (χ1n) is 4.50. The quantitative estimate of drug-likeness (QED) is 0.314. The molecular formula is C8H12N6O3S. The topological polar surface area (TPSA) is 183 Å². The highest BCUT2D eigenvalue weighted by molar-refractivity contribution is 7.89. The van der Waals surface area contributed by atoms with E-state index >= 15 is 0 Å². The van der Waals surface area contributed by atoms with E-state index in [2.05, 4.69) is 9.98 Å². The van der Waals surface area contributed by atoms with Gasteiger partial charge in [0.1, 0.15) is 11.4 Å². The molecule has 0 aliphatic heterocycles. The molecule has 9 nitrogen and oxygen atoms in total. The van der Waals surface area contributed by atoms with Crippen molar-refractivity contribution in [3.05, 3.63) is 18.2 Å². The van der Waals surface area contributed by atoms with Crippen LogP contribution in [-0.4, -0.2) is 25.4 Å². The van der Waals surface area contributed by atoms with E-state index in [0.717, 1.165) is 12.1 Å². The standard InChI is InChI=1S/C8H12N6O3S/c9-7(10)14-8(11)13-5-2-1-4(3-6(5)15)18(12,16)17/h1-3,15H,(H2,12,16,17)(H6,9,10,11,13,14). The molecule has 0 bridgehead atoms. The van der Waals surface area contributed by atoms with Gasteiger partial charge in [0.05, 0.1) is 4.90 Å². The number of aliphatic imine (C=N–C) groups is 2. The molecule has 0 atom stereocenters. The first-order valence-corrected chi connectivity index (χ1v) is 6.04. The largest absolute Gasteiger partial charge is 0.506 e. The van der Waals surface area contributed by atoms with Crippen molar-refractivity contribution in [3.63, 3.8) is 0 Å². The average Bonchev–Trinajstić information content (AvgIpc) is 2.18. The van der Waals surface area contributed by atoms with E-state index in [4.69, 9.17) is 22.3 Å². The Balaban J connectivity index is 3.19. The summed E-state index contributed by atoms with van der Waals surface area (Å²) in [4.78, 5) is 6.86. The fourth-order valence-electron chi connectivity index (χ4n) is 1.06. The minimum absolute atomic E-state index is 0.00454. The smallest absolute Gasteiger partial charge is 0.238 e. The zero-order valence-corrected chi connectivity index (χ0v) is 9.92. The fraction of sp³-hybridized carbons (Fsp3) is 0. The molecular weight excluding hydrogens is 260 g/mol. The summed E-state index contributed by atoms with van der Waals surface area (Å²) in [6.07, 6.45) is 0. The number of nitrogens with two attached hydrogens (primary N) is 4. The Morgan fingerprint density at radius 3 is 2.28 bits per heavy atom. The fourth-order valence-corrected chi connectivity index (χ4v) is 1.59. The van der Waals surface area contributed by atoms with E-state index < -0.39 is 15.8 Å². The second-order valence-electron chi connectivity index (χ2n) is 3.20. The number of aromatic hydroxyl groups is 1. The Morgan fingerprint density at radius 1 is 1.22 bits per heavy atom. The number of phenolic OH excluding ortho intramolecular Hbond substituents is 1. The van der Waals surface area contributed by atoms with Crippen molar-refractivity contribution in [2.45, 2.75) is 4.90 Å². The zero-order chi connectivity index (χ0) is 13.9. The first-order chi connectivity index (χ1) is 8.20. The average molecular weight is 272 g/mol. The van der Waals surface area contributed by atoms with Crippen molar-refractivity contribution >= 4 is 27.6 Å². The van der Waals surface area contributed by atoms with Crippen LogP contribution in [0.25, 0.3) is 0 Å². The van der Waals surface area contributed by atoms with Crippen LogP contribution in [0, 0.1) is 0 Å². The molecule has 0 saturated carbocycles. The molecule has 0 heterocycles. The lowest BCUT2D eigenvalue weighted by Crippen LogP contribution is -2.26. The van der Waals surface area contributed by atoms with Gasteiger partial charge in [-0.3, -0.25) is 0 Å². The highest BCUT2D eigenvalue weighted by Crippen LogP contribution is 2.28. The summed E-state index contributed by atoms with van der Waals surface area (Å²) >= 11 is 0. The number of benzene rings is 1. The van der Waals surface area contributed by atoms with Crippen LogP contribution in [-0.2, 0) is 10.0 Å². The monoisotopic (exact) mass is 272 g/mol. The van der Waals surface area contributed by atoms with Gasteiger partial charge in [-0.25, -0.2) is 18.5 Å². The van der Waals surface area contributed by atoms with Crippen molar-refractivity contribution in [3.8, 4) is 5.75 Å². The molecule has 0 aromatic heterocycles. The molecule has 0 spiro atoms. The SMILES string of the molecule is NC(N)=NC(N)=Nc1ccc(S(N)(=O)=O)cc1O. The second kappa shape index (κ2) is 4.89. The van der Waals surface area contributed by atoms with E-state index in [1.54, 1.807) is 0 Å². The lowest BCUT2D eigenvalue weighted by atomic mass is 10.3. The van der Waals surface area contributed by atoms with Crippen LogP contribution >= 0.6 is 0 Å². The van der Waals surface area contributed by atoms with E-state index in [9.17, 15) is 13.5 Å². The maximum Gasteiger partial charge on any atom is 0.238 e. The van der Waals surface area contributed by atoms with Crippen molar-refractivity contribution in [2.75, 3.05) is 0 Å². The van der Waals surface area contributed by atoms with Crippen LogP contribution in [0.4, 0.5) is 5.69 Å². The van der Waals surface area contributed by atoms with Crippen molar-refractivity contribution in [1.29, 1.82) is 0 Å². The maximum atomic E-state index is 11.0. The molecule has 9 N–H and O–H groups in total. The van der Waals surface area contributed by atoms with Gasteiger partial charge in [0.15, 0.2) is 5.96 Å². The van der Waals surface area contributed by atoms with Crippen molar-refractivity contribution < 1.29 is 13.5 Å². The minimum atomic E-state index is -3.90. The van der Waals surface area contributed by atoms with Crippen LogP contribution in [0.1, 0.15) is 0 Å². The van der Waals surface area contributed by atoms with Crippen molar-refractivity contribution in [2.24, 2.45) is 32.3 Å². The van der Waals surface area contributed by atoms with Gasteiger partial charge in [-0.05, 0) is 12.1 Å². The van der Waals surface area contributed by atoms with Gasteiger partial charge in [-0.15, -0.1) is 0 Å². The molecule has 1 aromatic rings. The number of phenols is 1. The molecule has 0 amide bonds. The van der Waals surface area contributed by atoms with E-state index in [-0.39, 0.29) is 22.5 Å². The molecule has 0 aliphatic rings. The molecule has 18 heavy (non-hydrogen) atoms. The molecule has 98 valence electrons. The van der Waals surface area contributed by atoms with E-state index in [0.29, 0.717) is 0 Å². The lowest BCUT2D eigenvalue weighted by molar-refractivity contribution is 0.474. The molecule has 1 rings (SSSR count). The molecule has 0 aliphatic carbocycles. The maximum absolute atomic E-state index is 11.0. The number of nitrogens with zero attached hydrogens (tertiary/aromatic N) is 2. The Labute approximate surface area is 103 Å². The van der Waals surface area contributed by atoms with Crippen LogP contribution in [0.2, 0.25) is 0 Å².